The molecule has 0 radical (unpaired) electrons. The van der Waals surface area contributed by atoms with Crippen molar-refractivity contribution in [1.82, 2.24) is 0 Å². The maximum Gasteiger partial charge on any atom is 0.0392 e. The molecule has 18 heavy (non-hydrogen) atoms. The number of hydrogen-bond acceptors (Lipinski definition) is 3. The molecule has 0 aliphatic heterocycles. The molecule has 1 aromatic heterocycles. The van der Waals surface area contributed by atoms with Gasteiger partial charge in [-0.1, -0.05) is 6.07 Å². The van der Waals surface area contributed by atoms with Crippen molar-refractivity contribution < 1.29 is 0 Å². The highest BCUT2D eigenvalue weighted by atomic mass is 32.1. The number of hydrogen-bond donors (Lipinski definition) is 2. The van der Waals surface area contributed by atoms with Crippen LogP contribution in [0.4, 0.5) is 11.4 Å². The highest BCUT2D eigenvalue weighted by Crippen LogP contribution is 2.23. The van der Waals surface area contributed by atoms with Gasteiger partial charge in [-0.3, -0.25) is 0 Å². The summed E-state index contributed by atoms with van der Waals surface area (Å²) in [5, 5.41) is 3.54. The van der Waals surface area contributed by atoms with Crippen molar-refractivity contribution in [3.63, 3.8) is 0 Å². The number of aryl methyl sites for hydroxylation is 1. The average molecular weight is 260 g/mol. The summed E-state index contributed by atoms with van der Waals surface area (Å²) < 4.78 is 0. The summed E-state index contributed by atoms with van der Waals surface area (Å²) in [6, 6.07) is 10.8. The number of thiophene rings is 1. The molecule has 0 fully saturated rings. The number of nitrogen functional groups attached to an aromatic ring is 1. The van der Waals surface area contributed by atoms with Gasteiger partial charge in [0.15, 0.2) is 0 Å². The second-order valence-electron chi connectivity index (χ2n) is 4.78. The molecule has 2 rings (SSSR count). The van der Waals surface area contributed by atoms with E-state index in [0.717, 1.165) is 23.4 Å². The molecule has 2 nitrogen and oxygen atoms in total. The number of rotatable bonds is 4. The van der Waals surface area contributed by atoms with Gasteiger partial charge in [-0.15, -0.1) is 11.3 Å². The summed E-state index contributed by atoms with van der Waals surface area (Å²) in [6.07, 6.45) is 1.05. The molecule has 1 aromatic carbocycles. The molecule has 1 heterocycles. The zero-order valence-corrected chi connectivity index (χ0v) is 12.0. The molecule has 0 saturated heterocycles. The van der Waals surface area contributed by atoms with E-state index in [9.17, 15) is 0 Å². The smallest absolute Gasteiger partial charge is 0.0392 e. The van der Waals surface area contributed by atoms with Gasteiger partial charge in [-0.25, -0.2) is 0 Å². The summed E-state index contributed by atoms with van der Waals surface area (Å²) in [5.41, 5.74) is 9.03. The van der Waals surface area contributed by atoms with Gasteiger partial charge in [0.1, 0.15) is 0 Å². The van der Waals surface area contributed by atoms with Gasteiger partial charge in [0.25, 0.3) is 0 Å². The first-order valence-corrected chi connectivity index (χ1v) is 7.05. The second-order valence-corrected chi connectivity index (χ2v) is 6.15. The first kappa shape index (κ1) is 13.0. The number of nitrogens with one attached hydrogen (secondary N) is 1. The first-order chi connectivity index (χ1) is 8.56. The van der Waals surface area contributed by atoms with Crippen molar-refractivity contribution in [2.45, 2.75) is 33.2 Å². The zero-order valence-electron chi connectivity index (χ0n) is 11.2. The lowest BCUT2D eigenvalue weighted by atomic mass is 10.1. The maximum absolute atomic E-state index is 5.91. The van der Waals surface area contributed by atoms with Crippen LogP contribution in [0.15, 0.2) is 30.3 Å². The van der Waals surface area contributed by atoms with Crippen LogP contribution in [0.2, 0.25) is 0 Å². The maximum atomic E-state index is 5.91. The molecule has 2 aromatic rings. The third kappa shape index (κ3) is 3.05. The third-order valence-electron chi connectivity index (χ3n) is 3.08. The van der Waals surface area contributed by atoms with Crippen LogP contribution in [-0.4, -0.2) is 6.04 Å². The van der Waals surface area contributed by atoms with E-state index in [2.05, 4.69) is 44.3 Å². The molecule has 0 bridgehead atoms. The molecule has 3 N–H and O–H groups in total. The summed E-state index contributed by atoms with van der Waals surface area (Å²) in [7, 11) is 0. The van der Waals surface area contributed by atoms with Crippen LogP contribution in [0.1, 0.15) is 22.2 Å². The Bertz CT molecular complexity index is 531. The molecule has 96 valence electrons. The van der Waals surface area contributed by atoms with E-state index in [-0.39, 0.29) is 0 Å². The van der Waals surface area contributed by atoms with Crippen LogP contribution < -0.4 is 11.1 Å². The Morgan fingerprint density at radius 2 is 2.00 bits per heavy atom. The summed E-state index contributed by atoms with van der Waals surface area (Å²) in [4.78, 5) is 2.80. The largest absolute Gasteiger partial charge is 0.398 e. The lowest BCUT2D eigenvalue weighted by molar-refractivity contribution is 0.799. The topological polar surface area (TPSA) is 38.0 Å². The summed E-state index contributed by atoms with van der Waals surface area (Å²) >= 11 is 1.87. The molecule has 1 unspecified atom stereocenters. The van der Waals surface area contributed by atoms with Crippen LogP contribution in [0.3, 0.4) is 0 Å². The van der Waals surface area contributed by atoms with E-state index in [1.165, 1.54) is 9.75 Å². The molecule has 1 atom stereocenters. The van der Waals surface area contributed by atoms with E-state index in [1.54, 1.807) is 0 Å². The fraction of sp³-hybridized carbons (Fsp3) is 0.333. The van der Waals surface area contributed by atoms with Crippen molar-refractivity contribution in [1.29, 1.82) is 0 Å². The molecular weight excluding hydrogens is 240 g/mol. The predicted octanol–water partition coefficient (Wildman–Crippen LogP) is 3.99. The van der Waals surface area contributed by atoms with Crippen molar-refractivity contribution in [3.05, 3.63) is 45.6 Å². The van der Waals surface area contributed by atoms with E-state index in [1.807, 2.05) is 23.5 Å². The van der Waals surface area contributed by atoms with Crippen LogP contribution >= 0.6 is 11.3 Å². The minimum atomic E-state index is 0.406. The van der Waals surface area contributed by atoms with Gasteiger partial charge in [-0.05, 0) is 50.6 Å². The number of benzene rings is 1. The van der Waals surface area contributed by atoms with Crippen LogP contribution in [0.25, 0.3) is 0 Å². The molecular formula is C15H20N2S. The Balaban J connectivity index is 2.03. The first-order valence-electron chi connectivity index (χ1n) is 6.23. The Kier molecular flexibility index (Phi) is 3.92. The van der Waals surface area contributed by atoms with Crippen molar-refractivity contribution in [3.8, 4) is 0 Å². The van der Waals surface area contributed by atoms with Crippen LogP contribution in [0, 0.1) is 13.8 Å². The summed E-state index contributed by atoms with van der Waals surface area (Å²) in [6.45, 7) is 6.41. The lowest BCUT2D eigenvalue weighted by Gasteiger charge is -2.17. The van der Waals surface area contributed by atoms with Gasteiger partial charge in [0.2, 0.25) is 0 Å². The molecule has 0 aliphatic carbocycles. The average Bonchev–Trinajstić information content (AvgIpc) is 2.70. The van der Waals surface area contributed by atoms with Crippen LogP contribution in [-0.2, 0) is 6.42 Å². The van der Waals surface area contributed by atoms with Gasteiger partial charge in [-0.2, -0.15) is 0 Å². The molecule has 0 spiro atoms. The van der Waals surface area contributed by atoms with Gasteiger partial charge in [0, 0.05) is 33.6 Å². The Morgan fingerprint density at radius 3 is 2.67 bits per heavy atom. The minimum absolute atomic E-state index is 0.406. The Hall–Kier alpha value is -1.48. The van der Waals surface area contributed by atoms with E-state index >= 15 is 0 Å². The third-order valence-corrected chi connectivity index (χ3v) is 4.10. The Morgan fingerprint density at radius 1 is 1.22 bits per heavy atom. The van der Waals surface area contributed by atoms with Crippen molar-refractivity contribution in [2.24, 2.45) is 0 Å². The van der Waals surface area contributed by atoms with Gasteiger partial charge >= 0.3 is 0 Å². The van der Waals surface area contributed by atoms with Crippen molar-refractivity contribution in [2.75, 3.05) is 11.1 Å². The minimum Gasteiger partial charge on any atom is -0.398 e. The number of anilines is 2. The SMILES string of the molecule is Cc1ccc(CC(C)Nc2cccc(N)c2C)s1. The molecule has 3 heteroatoms. The van der Waals surface area contributed by atoms with Gasteiger partial charge < -0.3 is 11.1 Å². The van der Waals surface area contributed by atoms with Gasteiger partial charge in [0.05, 0.1) is 0 Å². The fourth-order valence-electron chi connectivity index (χ4n) is 2.02. The highest BCUT2D eigenvalue weighted by Gasteiger charge is 2.07. The summed E-state index contributed by atoms with van der Waals surface area (Å²) in [5.74, 6) is 0. The highest BCUT2D eigenvalue weighted by molar-refractivity contribution is 7.11. The Labute approximate surface area is 113 Å². The zero-order chi connectivity index (χ0) is 13.1. The lowest BCUT2D eigenvalue weighted by Crippen LogP contribution is -2.18. The van der Waals surface area contributed by atoms with Crippen molar-refractivity contribution >= 4 is 22.7 Å². The molecule has 0 aliphatic rings. The second kappa shape index (κ2) is 5.44. The standard InChI is InChI=1S/C15H20N2S/c1-10(9-13-8-7-11(2)18-13)17-15-6-4-5-14(16)12(15)3/h4-8,10,17H,9,16H2,1-3H3. The predicted molar refractivity (Wildman–Crippen MR) is 81.4 cm³/mol. The molecule has 0 saturated carbocycles. The van der Waals surface area contributed by atoms with E-state index < -0.39 is 0 Å². The van der Waals surface area contributed by atoms with E-state index in [0.29, 0.717) is 6.04 Å². The monoisotopic (exact) mass is 260 g/mol. The normalized spacial score (nSPS) is 12.4. The quantitative estimate of drug-likeness (QED) is 0.816. The number of nitrogens with two attached hydrogens (primary N) is 1. The van der Waals surface area contributed by atoms with E-state index in [4.69, 9.17) is 5.73 Å². The van der Waals surface area contributed by atoms with Crippen LogP contribution in [0.5, 0.6) is 0 Å². The molecule has 0 amide bonds. The fourth-order valence-corrected chi connectivity index (χ4v) is 3.04.